The molecule has 0 spiro atoms. The third-order valence-corrected chi connectivity index (χ3v) is 3.76. The number of hydrogen-bond donors (Lipinski definition) is 1. The lowest BCUT2D eigenvalue weighted by Crippen LogP contribution is -2.39. The largest absolute Gasteiger partial charge is 0.374 e. The van der Waals surface area contributed by atoms with Gasteiger partial charge in [-0.05, 0) is 41.3 Å². The Kier molecular flexibility index (Phi) is 4.74. The highest BCUT2D eigenvalue weighted by molar-refractivity contribution is 9.10. The normalized spacial score (nSPS) is 15.4. The molecule has 0 unspecified atom stereocenters. The van der Waals surface area contributed by atoms with Crippen molar-refractivity contribution in [2.75, 3.05) is 25.0 Å². The monoisotopic (exact) mass is 332 g/mol. The van der Waals surface area contributed by atoms with Crippen molar-refractivity contribution in [3.05, 3.63) is 28.2 Å². The van der Waals surface area contributed by atoms with Crippen LogP contribution in [0.15, 0.2) is 16.6 Å². The van der Waals surface area contributed by atoms with Crippen LogP contribution in [-0.4, -0.2) is 30.4 Å². The zero-order chi connectivity index (χ0) is 13.8. The van der Waals surface area contributed by atoms with Crippen LogP contribution in [0.3, 0.4) is 0 Å². The van der Waals surface area contributed by atoms with Crippen molar-refractivity contribution in [3.63, 3.8) is 0 Å². The third kappa shape index (κ3) is 3.65. The van der Waals surface area contributed by atoms with Crippen LogP contribution < -0.4 is 5.32 Å². The number of carbonyl (C=O) groups excluding carboxylic acids is 1. The predicted molar refractivity (Wildman–Crippen MR) is 73.0 cm³/mol. The summed E-state index contributed by atoms with van der Waals surface area (Å²) >= 11 is 2.99. The smallest absolute Gasteiger partial charge is 0.241 e. The average Bonchev–Trinajstić information content (AvgIpc) is 2.42. The molecule has 1 aromatic carbocycles. The van der Waals surface area contributed by atoms with E-state index in [9.17, 15) is 13.6 Å². The first-order chi connectivity index (χ1) is 9.08. The minimum absolute atomic E-state index is 0.0228. The molecule has 1 aliphatic rings. The average molecular weight is 333 g/mol. The van der Waals surface area contributed by atoms with Gasteiger partial charge >= 0.3 is 0 Å². The molecule has 0 bridgehead atoms. The second-order valence-corrected chi connectivity index (χ2v) is 5.40. The fourth-order valence-electron chi connectivity index (χ4n) is 2.08. The van der Waals surface area contributed by atoms with E-state index < -0.39 is 11.6 Å². The number of anilines is 1. The number of rotatable bonds is 3. The lowest BCUT2D eigenvalue weighted by molar-refractivity contribution is -0.130. The van der Waals surface area contributed by atoms with Crippen LogP contribution in [0.2, 0.25) is 0 Å². The molecule has 1 aliphatic heterocycles. The van der Waals surface area contributed by atoms with Crippen LogP contribution in [0.25, 0.3) is 0 Å². The van der Waals surface area contributed by atoms with Crippen molar-refractivity contribution in [2.24, 2.45) is 0 Å². The Hall–Kier alpha value is -1.17. The highest BCUT2D eigenvalue weighted by Gasteiger charge is 2.16. The molecule has 1 aromatic rings. The molecule has 0 atom stereocenters. The van der Waals surface area contributed by atoms with Crippen molar-refractivity contribution in [1.82, 2.24) is 4.90 Å². The van der Waals surface area contributed by atoms with E-state index in [4.69, 9.17) is 0 Å². The number of benzene rings is 1. The zero-order valence-corrected chi connectivity index (χ0v) is 12.0. The Morgan fingerprint density at radius 3 is 2.58 bits per heavy atom. The summed E-state index contributed by atoms with van der Waals surface area (Å²) in [4.78, 5) is 13.7. The lowest BCUT2D eigenvalue weighted by atomic mass is 10.1. The highest BCUT2D eigenvalue weighted by Crippen LogP contribution is 2.23. The van der Waals surface area contributed by atoms with E-state index >= 15 is 0 Å². The van der Waals surface area contributed by atoms with E-state index in [-0.39, 0.29) is 22.6 Å². The van der Waals surface area contributed by atoms with Gasteiger partial charge in [0.2, 0.25) is 5.91 Å². The minimum Gasteiger partial charge on any atom is -0.374 e. The van der Waals surface area contributed by atoms with Gasteiger partial charge in [-0.1, -0.05) is 0 Å². The second kappa shape index (κ2) is 6.32. The Morgan fingerprint density at radius 2 is 1.89 bits per heavy atom. The lowest BCUT2D eigenvalue weighted by Gasteiger charge is -2.27. The van der Waals surface area contributed by atoms with E-state index in [1.807, 2.05) is 0 Å². The Labute approximate surface area is 119 Å². The number of piperidine rings is 1. The van der Waals surface area contributed by atoms with E-state index in [2.05, 4.69) is 21.2 Å². The van der Waals surface area contributed by atoms with Gasteiger partial charge in [0.15, 0.2) is 0 Å². The molecule has 6 heteroatoms. The summed E-state index contributed by atoms with van der Waals surface area (Å²) in [6.07, 6.45) is 3.18. The number of halogens is 3. The van der Waals surface area contributed by atoms with Crippen molar-refractivity contribution in [3.8, 4) is 0 Å². The highest BCUT2D eigenvalue weighted by atomic mass is 79.9. The number of likely N-dealkylation sites (tertiary alicyclic amines) is 1. The predicted octanol–water partition coefficient (Wildman–Crippen LogP) is 3.15. The molecule has 19 heavy (non-hydrogen) atoms. The summed E-state index contributed by atoms with van der Waals surface area (Å²) in [5.74, 6) is -1.42. The van der Waals surface area contributed by atoms with E-state index in [1.165, 1.54) is 6.07 Å². The van der Waals surface area contributed by atoms with Gasteiger partial charge in [0.05, 0.1) is 16.7 Å². The number of nitrogens with one attached hydrogen (secondary N) is 1. The number of amides is 1. The maximum absolute atomic E-state index is 13.5. The SMILES string of the molecule is O=C(CNc1cc(Br)c(F)cc1F)N1CCCCC1. The van der Waals surface area contributed by atoms with Crippen molar-refractivity contribution >= 4 is 27.5 Å². The standard InChI is InChI=1S/C13H15BrF2N2O/c14-9-6-12(11(16)7-10(9)15)17-8-13(19)18-4-2-1-3-5-18/h6-7,17H,1-5,8H2. The van der Waals surface area contributed by atoms with Crippen LogP contribution in [-0.2, 0) is 4.79 Å². The van der Waals surface area contributed by atoms with E-state index in [0.29, 0.717) is 0 Å². The van der Waals surface area contributed by atoms with Gasteiger partial charge in [-0.2, -0.15) is 0 Å². The molecule has 1 N–H and O–H groups in total. The van der Waals surface area contributed by atoms with Crippen LogP contribution in [0.1, 0.15) is 19.3 Å². The van der Waals surface area contributed by atoms with Crippen LogP contribution in [0.4, 0.5) is 14.5 Å². The molecule has 1 fully saturated rings. The summed E-state index contributed by atoms with van der Waals surface area (Å²) in [7, 11) is 0. The summed E-state index contributed by atoms with van der Waals surface area (Å²) in [6, 6.07) is 2.09. The van der Waals surface area contributed by atoms with Crippen LogP contribution >= 0.6 is 15.9 Å². The Morgan fingerprint density at radius 1 is 1.21 bits per heavy atom. The van der Waals surface area contributed by atoms with Gasteiger partial charge in [-0.25, -0.2) is 8.78 Å². The molecule has 1 heterocycles. The van der Waals surface area contributed by atoms with Gasteiger partial charge in [0.25, 0.3) is 0 Å². The molecule has 1 saturated heterocycles. The first kappa shape index (κ1) is 14.2. The fourth-order valence-corrected chi connectivity index (χ4v) is 2.43. The molecular weight excluding hydrogens is 318 g/mol. The fraction of sp³-hybridized carbons (Fsp3) is 0.462. The molecule has 0 radical (unpaired) electrons. The van der Waals surface area contributed by atoms with Gasteiger partial charge in [0.1, 0.15) is 11.6 Å². The zero-order valence-electron chi connectivity index (χ0n) is 10.4. The maximum atomic E-state index is 13.5. The third-order valence-electron chi connectivity index (χ3n) is 3.15. The van der Waals surface area contributed by atoms with Crippen molar-refractivity contribution in [2.45, 2.75) is 19.3 Å². The summed E-state index contributed by atoms with van der Waals surface area (Å²) in [5.41, 5.74) is 0.124. The summed E-state index contributed by atoms with van der Waals surface area (Å²) < 4.78 is 26.7. The molecule has 0 aromatic heterocycles. The van der Waals surface area contributed by atoms with E-state index in [0.717, 1.165) is 38.4 Å². The van der Waals surface area contributed by atoms with Crippen LogP contribution in [0, 0.1) is 11.6 Å². The molecule has 0 saturated carbocycles. The first-order valence-electron chi connectivity index (χ1n) is 6.24. The summed E-state index contributed by atoms with van der Waals surface area (Å²) in [6.45, 7) is 1.54. The Balaban J connectivity index is 1.94. The first-order valence-corrected chi connectivity index (χ1v) is 7.03. The summed E-state index contributed by atoms with van der Waals surface area (Å²) in [5, 5.41) is 2.72. The van der Waals surface area contributed by atoms with Gasteiger partial charge in [-0.15, -0.1) is 0 Å². The van der Waals surface area contributed by atoms with Gasteiger partial charge < -0.3 is 10.2 Å². The Bertz CT molecular complexity index is 476. The minimum atomic E-state index is -0.702. The maximum Gasteiger partial charge on any atom is 0.241 e. The topological polar surface area (TPSA) is 32.3 Å². The second-order valence-electron chi connectivity index (χ2n) is 4.54. The van der Waals surface area contributed by atoms with Crippen LogP contribution in [0.5, 0.6) is 0 Å². The molecule has 3 nitrogen and oxygen atoms in total. The number of hydrogen-bond acceptors (Lipinski definition) is 2. The number of nitrogens with zero attached hydrogens (tertiary/aromatic N) is 1. The molecule has 104 valence electrons. The van der Waals surface area contributed by atoms with Crippen molar-refractivity contribution in [1.29, 1.82) is 0 Å². The van der Waals surface area contributed by atoms with Crippen molar-refractivity contribution < 1.29 is 13.6 Å². The van der Waals surface area contributed by atoms with Gasteiger partial charge in [0, 0.05) is 19.2 Å². The number of carbonyl (C=O) groups is 1. The van der Waals surface area contributed by atoms with Gasteiger partial charge in [-0.3, -0.25) is 4.79 Å². The molecular formula is C13H15BrF2N2O. The molecule has 0 aliphatic carbocycles. The molecule has 2 rings (SSSR count). The quantitative estimate of drug-likeness (QED) is 0.862. The van der Waals surface area contributed by atoms with E-state index in [1.54, 1.807) is 4.90 Å². The molecule has 1 amide bonds.